The number of nitrogens with zero attached hydrogens (tertiary/aromatic N) is 2. The monoisotopic (exact) mass is 635 g/mol. The second-order valence-electron chi connectivity index (χ2n) is 10.2. The molecule has 1 atom stereocenters. The molecule has 0 fully saturated rings. The maximum absolute atomic E-state index is 14.9. The Morgan fingerprint density at radius 1 is 0.867 bits per heavy atom. The number of likely N-dealkylation sites (N-methyl/N-ethyl adjacent to an activating group) is 1. The highest BCUT2D eigenvalue weighted by Gasteiger charge is 2.35. The van der Waals surface area contributed by atoms with Gasteiger partial charge < -0.3 is 19.7 Å². The van der Waals surface area contributed by atoms with Gasteiger partial charge in [0.25, 0.3) is 10.0 Å². The first-order valence-electron chi connectivity index (χ1n) is 14.1. The predicted molar refractivity (Wildman–Crippen MR) is 163 cm³/mol. The summed E-state index contributed by atoms with van der Waals surface area (Å²) < 4.78 is 69.0. The van der Waals surface area contributed by atoms with Gasteiger partial charge in [0.1, 0.15) is 37.4 Å². The zero-order chi connectivity index (χ0) is 32.0. The van der Waals surface area contributed by atoms with Crippen molar-refractivity contribution in [1.82, 2.24) is 10.2 Å². The van der Waals surface area contributed by atoms with Crippen molar-refractivity contribution in [3.05, 3.63) is 120 Å². The van der Waals surface area contributed by atoms with Crippen LogP contribution in [0.15, 0.2) is 102 Å². The molecule has 0 unspecified atom stereocenters. The number of anilines is 1. The maximum atomic E-state index is 14.9. The van der Waals surface area contributed by atoms with Crippen molar-refractivity contribution >= 4 is 27.5 Å². The molecule has 1 heterocycles. The fourth-order valence-electron chi connectivity index (χ4n) is 4.98. The van der Waals surface area contributed by atoms with Gasteiger partial charge in [0.15, 0.2) is 11.5 Å². The number of rotatable bonds is 11. The van der Waals surface area contributed by atoms with Crippen molar-refractivity contribution in [2.75, 3.05) is 31.1 Å². The van der Waals surface area contributed by atoms with Gasteiger partial charge in [-0.1, -0.05) is 48.5 Å². The number of benzene rings is 4. The third kappa shape index (κ3) is 7.23. The summed E-state index contributed by atoms with van der Waals surface area (Å²) in [6.07, 6.45) is 0.0756. The molecule has 0 aromatic heterocycles. The first kappa shape index (κ1) is 31.5. The van der Waals surface area contributed by atoms with Crippen molar-refractivity contribution in [2.24, 2.45) is 0 Å². The van der Waals surface area contributed by atoms with Gasteiger partial charge in [-0.15, -0.1) is 0 Å². The topological polar surface area (TPSA) is 105 Å². The zero-order valence-corrected chi connectivity index (χ0v) is 25.2. The lowest BCUT2D eigenvalue weighted by molar-refractivity contribution is -0.139. The van der Waals surface area contributed by atoms with Gasteiger partial charge in [-0.05, 0) is 48.0 Å². The molecule has 45 heavy (non-hydrogen) atoms. The molecule has 234 valence electrons. The van der Waals surface area contributed by atoms with Crippen LogP contribution in [0.2, 0.25) is 0 Å². The molecule has 0 spiro atoms. The fourth-order valence-corrected chi connectivity index (χ4v) is 6.41. The van der Waals surface area contributed by atoms with Crippen LogP contribution >= 0.6 is 0 Å². The van der Waals surface area contributed by atoms with Crippen LogP contribution in [-0.4, -0.2) is 58.0 Å². The Morgan fingerprint density at radius 3 is 2.22 bits per heavy atom. The predicted octanol–water partition coefficient (Wildman–Crippen LogP) is 4.32. The molecule has 1 N–H and O–H groups in total. The van der Waals surface area contributed by atoms with Crippen molar-refractivity contribution in [1.29, 1.82) is 0 Å². The lowest BCUT2D eigenvalue weighted by Crippen LogP contribution is -2.53. The van der Waals surface area contributed by atoms with Crippen LogP contribution in [0.3, 0.4) is 0 Å². The van der Waals surface area contributed by atoms with Crippen LogP contribution in [0.25, 0.3) is 0 Å². The number of hydrogen-bond donors (Lipinski definition) is 1. The Bertz CT molecular complexity index is 1770. The van der Waals surface area contributed by atoms with E-state index in [1.54, 1.807) is 30.3 Å². The Hall–Kier alpha value is -4.97. The van der Waals surface area contributed by atoms with Crippen molar-refractivity contribution in [2.45, 2.75) is 23.9 Å². The Balaban J connectivity index is 1.57. The van der Waals surface area contributed by atoms with Gasteiger partial charge in [0.2, 0.25) is 11.8 Å². The molecule has 9 nitrogen and oxygen atoms in total. The summed E-state index contributed by atoms with van der Waals surface area (Å²) in [6, 6.07) is 22.4. The number of ether oxygens (including phenoxy) is 2. The number of halogens is 2. The quantitative estimate of drug-likeness (QED) is 0.263. The third-order valence-electron chi connectivity index (χ3n) is 7.31. The molecule has 0 radical (unpaired) electrons. The van der Waals surface area contributed by atoms with Crippen molar-refractivity contribution < 1.29 is 36.3 Å². The maximum Gasteiger partial charge on any atom is 0.264 e. The highest BCUT2D eigenvalue weighted by Crippen LogP contribution is 2.34. The van der Waals surface area contributed by atoms with Gasteiger partial charge in [-0.3, -0.25) is 13.9 Å². The zero-order valence-electron chi connectivity index (χ0n) is 24.4. The number of amides is 2. The van der Waals surface area contributed by atoms with E-state index < -0.39 is 46.1 Å². The highest BCUT2D eigenvalue weighted by atomic mass is 32.2. The first-order chi connectivity index (χ1) is 21.7. The lowest BCUT2D eigenvalue weighted by atomic mass is 10.0. The largest absolute Gasteiger partial charge is 0.486 e. The normalized spacial score (nSPS) is 13.0. The third-order valence-corrected chi connectivity index (χ3v) is 9.08. The first-order valence-corrected chi connectivity index (χ1v) is 15.6. The minimum Gasteiger partial charge on any atom is -0.486 e. The van der Waals surface area contributed by atoms with Gasteiger partial charge in [-0.25, -0.2) is 17.2 Å². The van der Waals surface area contributed by atoms with E-state index >= 15 is 0 Å². The lowest BCUT2D eigenvalue weighted by Gasteiger charge is -2.33. The standard InChI is InChI=1S/C33H31F2N3O6S/c1-36-33(40)29(19-23-7-3-2-4-8-23)37(21-24-9-5-6-10-28(24)35)32(39)22-38(26-13-11-25(34)12-14-26)45(41,42)27-15-16-30-31(20-27)44-18-17-43-30/h2-16,20,29H,17-19,21-22H2,1H3,(H,36,40)/t29-/m0/s1. The number of fused-ring (bicyclic) bond motifs is 1. The molecule has 0 aliphatic carbocycles. The van der Waals surface area contributed by atoms with Gasteiger partial charge >= 0.3 is 0 Å². The number of hydrogen-bond acceptors (Lipinski definition) is 6. The molecule has 12 heteroatoms. The van der Waals surface area contributed by atoms with E-state index in [1.807, 2.05) is 6.07 Å². The van der Waals surface area contributed by atoms with E-state index in [2.05, 4.69) is 5.32 Å². The van der Waals surface area contributed by atoms with E-state index in [0.717, 1.165) is 22.0 Å². The number of nitrogens with one attached hydrogen (secondary N) is 1. The Morgan fingerprint density at radius 2 is 1.53 bits per heavy atom. The smallest absolute Gasteiger partial charge is 0.264 e. The van der Waals surface area contributed by atoms with Gasteiger partial charge in [0.05, 0.1) is 10.6 Å². The average molecular weight is 636 g/mol. The minimum atomic E-state index is -4.47. The number of sulfonamides is 1. The molecule has 0 bridgehead atoms. The summed E-state index contributed by atoms with van der Waals surface area (Å²) in [5.41, 5.74) is 0.873. The molecule has 0 saturated heterocycles. The summed E-state index contributed by atoms with van der Waals surface area (Å²) in [4.78, 5) is 28.5. The average Bonchev–Trinajstić information content (AvgIpc) is 3.06. The number of carbonyl (C=O) groups excluding carboxylic acids is 2. The van der Waals surface area contributed by atoms with Crippen LogP contribution in [0, 0.1) is 11.6 Å². The van der Waals surface area contributed by atoms with E-state index in [4.69, 9.17) is 9.47 Å². The molecular formula is C33H31F2N3O6S. The summed E-state index contributed by atoms with van der Waals surface area (Å²) >= 11 is 0. The molecule has 4 aromatic carbocycles. The highest BCUT2D eigenvalue weighted by molar-refractivity contribution is 7.92. The van der Waals surface area contributed by atoms with E-state index in [0.29, 0.717) is 12.4 Å². The Labute approximate surface area is 260 Å². The van der Waals surface area contributed by atoms with E-state index in [-0.39, 0.29) is 41.5 Å². The van der Waals surface area contributed by atoms with Crippen molar-refractivity contribution in [3.8, 4) is 11.5 Å². The van der Waals surface area contributed by atoms with Gasteiger partial charge in [0, 0.05) is 31.6 Å². The summed E-state index contributed by atoms with van der Waals surface area (Å²) in [5.74, 6) is -1.92. The second-order valence-corrected chi connectivity index (χ2v) is 12.1. The molecule has 4 aromatic rings. The van der Waals surface area contributed by atoms with Crippen LogP contribution in [0.1, 0.15) is 11.1 Å². The minimum absolute atomic E-state index is 0.00466. The summed E-state index contributed by atoms with van der Waals surface area (Å²) in [5, 5.41) is 2.57. The van der Waals surface area contributed by atoms with E-state index in [9.17, 15) is 26.8 Å². The van der Waals surface area contributed by atoms with Crippen molar-refractivity contribution in [3.63, 3.8) is 0 Å². The molecule has 2 amide bonds. The number of carbonyl (C=O) groups is 2. The SMILES string of the molecule is CNC(=O)[C@H](Cc1ccccc1)N(Cc1ccccc1F)C(=O)CN(c1ccc(F)cc1)S(=O)(=O)c1ccc2c(c1)OCCO2. The van der Waals surface area contributed by atoms with E-state index in [1.165, 1.54) is 60.5 Å². The summed E-state index contributed by atoms with van der Waals surface area (Å²) in [7, 11) is -3.05. The van der Waals surface area contributed by atoms with Crippen LogP contribution in [0.4, 0.5) is 14.5 Å². The molecule has 5 rings (SSSR count). The fraction of sp³-hybridized carbons (Fsp3) is 0.212. The molecule has 1 aliphatic heterocycles. The summed E-state index contributed by atoms with van der Waals surface area (Å²) in [6.45, 7) is -0.566. The van der Waals surface area contributed by atoms with Crippen LogP contribution < -0.4 is 19.1 Å². The van der Waals surface area contributed by atoms with Crippen LogP contribution in [-0.2, 0) is 32.6 Å². The molecule has 0 saturated carbocycles. The second kappa shape index (κ2) is 13.8. The molecule has 1 aliphatic rings. The molecular weight excluding hydrogens is 604 g/mol. The Kier molecular flexibility index (Phi) is 9.62. The van der Waals surface area contributed by atoms with Crippen LogP contribution in [0.5, 0.6) is 11.5 Å². The van der Waals surface area contributed by atoms with Gasteiger partial charge in [-0.2, -0.15) is 0 Å².